The van der Waals surface area contributed by atoms with Crippen LogP contribution < -0.4 is 5.32 Å². The molecule has 1 aliphatic carbocycles. The molecule has 4 N–H and O–H groups in total. The van der Waals surface area contributed by atoms with Crippen molar-refractivity contribution in [2.75, 3.05) is 6.61 Å². The fraction of sp³-hybridized carbons (Fsp3) is 0.455. The lowest BCUT2D eigenvalue weighted by Crippen LogP contribution is -2.59. The second-order valence-electron chi connectivity index (χ2n) is 10.2. The van der Waals surface area contributed by atoms with Gasteiger partial charge in [0.1, 0.15) is 5.78 Å². The van der Waals surface area contributed by atoms with Crippen molar-refractivity contribution < 1.29 is 24.9 Å². The number of hydrogen-bond acceptors (Lipinski definition) is 5. The molecule has 0 bridgehead atoms. The Morgan fingerprint density at radius 2 is 1.62 bits per heavy atom. The standard InChI is InChI=1S/C22H29NO3.C7H12O.C4H8O/c1-5-7-16-10-12-18(13-11-16)17-8-6-9-19(15-14-17)20(24)23-21(2,3)22(4,25)26;1-4-6(2)5-7(3)8;1-2-3-4-5/h8-15,25-26H,5-7H2,1-4H3,(H,23,24);4H,5H2,1-3H3;2-3,5H,4H2,1H3/b;6-4+;3-2+. The maximum absolute atomic E-state index is 12.5. The molecule has 0 saturated carbocycles. The maximum atomic E-state index is 12.5. The van der Waals surface area contributed by atoms with E-state index in [-0.39, 0.29) is 18.3 Å². The number of carbonyl (C=O) groups is 2. The molecule has 1 aliphatic rings. The number of carbonyl (C=O) groups excluding carboxylic acids is 2. The van der Waals surface area contributed by atoms with Crippen molar-refractivity contribution in [3.63, 3.8) is 0 Å². The summed E-state index contributed by atoms with van der Waals surface area (Å²) in [7, 11) is 0. The van der Waals surface area contributed by atoms with Crippen LogP contribution in [-0.4, -0.2) is 44.9 Å². The van der Waals surface area contributed by atoms with Crippen molar-refractivity contribution >= 4 is 17.3 Å². The molecule has 0 fully saturated rings. The number of allylic oxidation sites excluding steroid dienone is 7. The van der Waals surface area contributed by atoms with Gasteiger partial charge in [0.25, 0.3) is 5.91 Å². The minimum Gasteiger partial charge on any atom is -0.392 e. The van der Waals surface area contributed by atoms with E-state index in [0.717, 1.165) is 29.6 Å². The Kier molecular flexibility index (Phi) is 16.8. The summed E-state index contributed by atoms with van der Waals surface area (Å²) in [5.74, 6) is -2.10. The molecule has 0 unspecified atom stereocenters. The van der Waals surface area contributed by atoms with Crippen LogP contribution in [0, 0.1) is 0 Å². The highest BCUT2D eigenvalue weighted by Crippen LogP contribution is 2.23. The molecule has 1 amide bonds. The quantitative estimate of drug-likeness (QED) is 0.228. The van der Waals surface area contributed by atoms with Crippen molar-refractivity contribution in [2.24, 2.45) is 0 Å². The summed E-state index contributed by atoms with van der Waals surface area (Å²) >= 11 is 0. The van der Waals surface area contributed by atoms with Gasteiger partial charge < -0.3 is 20.6 Å². The van der Waals surface area contributed by atoms with E-state index in [1.165, 1.54) is 12.5 Å². The Morgan fingerprint density at radius 1 is 1.00 bits per heavy atom. The van der Waals surface area contributed by atoms with E-state index in [1.807, 2.05) is 39.0 Å². The Labute approximate surface area is 235 Å². The summed E-state index contributed by atoms with van der Waals surface area (Å²) in [4.78, 5) is 22.9. The van der Waals surface area contributed by atoms with Crippen molar-refractivity contribution in [2.45, 2.75) is 92.4 Å². The molecule has 0 atom stereocenters. The third-order valence-corrected chi connectivity index (χ3v) is 6.18. The number of amides is 1. The minimum atomic E-state index is -2.01. The Morgan fingerprint density at radius 3 is 2.03 bits per heavy atom. The SMILES string of the molecule is C/C=C(\C)CC(C)=O.C/C=C/CO.CCCc1ccc(C2=CCC=C(C(=O)NC(C)(C)C(C)(O)O)C=C2)cc1. The van der Waals surface area contributed by atoms with Gasteiger partial charge in [0.15, 0.2) is 5.79 Å². The van der Waals surface area contributed by atoms with Crippen LogP contribution in [0.25, 0.3) is 5.57 Å². The summed E-state index contributed by atoms with van der Waals surface area (Å²) in [6.07, 6.45) is 16.5. The molecule has 0 radical (unpaired) electrons. The number of nitrogens with one attached hydrogen (secondary N) is 1. The van der Waals surface area contributed by atoms with E-state index in [0.29, 0.717) is 18.4 Å². The van der Waals surface area contributed by atoms with Crippen LogP contribution in [-0.2, 0) is 16.0 Å². The summed E-state index contributed by atoms with van der Waals surface area (Å²) in [5, 5.41) is 30.3. The number of rotatable bonds is 9. The molecule has 216 valence electrons. The molecule has 0 aromatic heterocycles. The molecule has 6 heteroatoms. The van der Waals surface area contributed by atoms with Crippen LogP contribution in [0.5, 0.6) is 0 Å². The van der Waals surface area contributed by atoms with E-state index in [1.54, 1.807) is 39.0 Å². The smallest absolute Gasteiger partial charge is 0.251 e. The summed E-state index contributed by atoms with van der Waals surface area (Å²) in [6.45, 7) is 14.1. The molecule has 1 aromatic carbocycles. The van der Waals surface area contributed by atoms with E-state index >= 15 is 0 Å². The van der Waals surface area contributed by atoms with Gasteiger partial charge in [-0.15, -0.1) is 0 Å². The number of hydrogen-bond donors (Lipinski definition) is 4. The Hall–Kier alpha value is -3.06. The van der Waals surface area contributed by atoms with Gasteiger partial charge >= 0.3 is 0 Å². The van der Waals surface area contributed by atoms with E-state index in [4.69, 9.17) is 5.11 Å². The molecule has 0 saturated heterocycles. The first-order valence-electron chi connectivity index (χ1n) is 13.5. The number of aryl methyl sites for hydroxylation is 1. The normalized spacial score (nSPS) is 13.8. The Bertz CT molecular complexity index is 1050. The maximum Gasteiger partial charge on any atom is 0.251 e. The highest BCUT2D eigenvalue weighted by molar-refractivity contribution is 5.97. The van der Waals surface area contributed by atoms with Crippen LogP contribution in [0.4, 0.5) is 0 Å². The minimum absolute atomic E-state index is 0.163. The van der Waals surface area contributed by atoms with Gasteiger partial charge in [0.05, 0.1) is 12.1 Å². The predicted octanol–water partition coefficient (Wildman–Crippen LogP) is 5.99. The molecule has 1 aromatic rings. The fourth-order valence-electron chi connectivity index (χ4n) is 3.24. The average Bonchev–Trinajstić information content (AvgIpc) is 3.11. The second kappa shape index (κ2) is 18.3. The largest absolute Gasteiger partial charge is 0.392 e. The van der Waals surface area contributed by atoms with Crippen LogP contribution >= 0.6 is 0 Å². The first-order valence-corrected chi connectivity index (χ1v) is 13.5. The van der Waals surface area contributed by atoms with Crippen LogP contribution in [0.3, 0.4) is 0 Å². The highest BCUT2D eigenvalue weighted by Gasteiger charge is 2.39. The molecular weight excluding hydrogens is 490 g/mol. The first kappa shape index (κ1) is 35.9. The molecular formula is C33H49NO5. The zero-order valence-corrected chi connectivity index (χ0v) is 25.0. The molecule has 2 rings (SSSR count). The van der Waals surface area contributed by atoms with Gasteiger partial charge in [-0.3, -0.25) is 9.59 Å². The molecule has 0 aliphatic heterocycles. The van der Waals surface area contributed by atoms with Crippen molar-refractivity contribution in [3.8, 4) is 0 Å². The monoisotopic (exact) mass is 539 g/mol. The van der Waals surface area contributed by atoms with Gasteiger partial charge in [-0.2, -0.15) is 0 Å². The lowest BCUT2D eigenvalue weighted by molar-refractivity contribution is -0.196. The third-order valence-electron chi connectivity index (χ3n) is 6.18. The molecule has 39 heavy (non-hydrogen) atoms. The van der Waals surface area contributed by atoms with Crippen molar-refractivity contribution in [1.82, 2.24) is 5.32 Å². The molecule has 6 nitrogen and oxygen atoms in total. The second-order valence-corrected chi connectivity index (χ2v) is 10.2. The van der Waals surface area contributed by atoms with Crippen molar-refractivity contribution in [1.29, 1.82) is 0 Å². The number of benzene rings is 1. The average molecular weight is 540 g/mol. The van der Waals surface area contributed by atoms with Gasteiger partial charge in [0, 0.05) is 12.0 Å². The molecule has 0 spiro atoms. The lowest BCUT2D eigenvalue weighted by atomic mass is 9.94. The number of Topliss-reactive ketones (excluding diaryl/α,β-unsaturated/α-hetero) is 1. The van der Waals surface area contributed by atoms with Crippen LogP contribution in [0.15, 0.2) is 77.9 Å². The first-order chi connectivity index (χ1) is 18.2. The van der Waals surface area contributed by atoms with Gasteiger partial charge in [-0.05, 0) is 84.1 Å². The zero-order chi connectivity index (χ0) is 30.1. The highest BCUT2D eigenvalue weighted by atomic mass is 16.5. The van der Waals surface area contributed by atoms with E-state index in [2.05, 4.69) is 42.6 Å². The molecule has 0 heterocycles. The summed E-state index contributed by atoms with van der Waals surface area (Å²) in [6, 6.07) is 8.51. The predicted molar refractivity (Wildman–Crippen MR) is 162 cm³/mol. The van der Waals surface area contributed by atoms with Crippen LogP contribution in [0.2, 0.25) is 0 Å². The summed E-state index contributed by atoms with van der Waals surface area (Å²) < 4.78 is 0. The van der Waals surface area contributed by atoms with E-state index in [9.17, 15) is 19.8 Å². The number of aliphatic hydroxyl groups is 3. The fourth-order valence-corrected chi connectivity index (χ4v) is 3.24. The number of aliphatic hydroxyl groups excluding tert-OH is 1. The lowest BCUT2D eigenvalue weighted by Gasteiger charge is -2.36. The van der Waals surface area contributed by atoms with Gasteiger partial charge in [-0.1, -0.05) is 79.6 Å². The van der Waals surface area contributed by atoms with Crippen molar-refractivity contribution in [3.05, 3.63) is 89.1 Å². The Balaban J connectivity index is 0.000000920. The van der Waals surface area contributed by atoms with Crippen LogP contribution in [0.1, 0.15) is 85.8 Å². The van der Waals surface area contributed by atoms with Gasteiger partial charge in [-0.25, -0.2) is 0 Å². The number of ketones is 1. The van der Waals surface area contributed by atoms with Gasteiger partial charge in [0.2, 0.25) is 0 Å². The van der Waals surface area contributed by atoms with E-state index < -0.39 is 11.3 Å². The zero-order valence-electron chi connectivity index (χ0n) is 25.0. The summed E-state index contributed by atoms with van der Waals surface area (Å²) in [5.41, 5.74) is 4.01. The third kappa shape index (κ3) is 14.6. The topological polar surface area (TPSA) is 107 Å².